The number of β-amino-alcohol motifs (C(OH)–C–C–N with tert-alkyl or cyclic N) is 1. The van der Waals surface area contributed by atoms with E-state index in [1.165, 1.54) is 20.3 Å². The minimum absolute atomic E-state index is 0.0622. The van der Waals surface area contributed by atoms with E-state index in [1.54, 1.807) is 15.8 Å². The third-order valence-corrected chi connectivity index (χ3v) is 5.66. The number of aliphatic hydroxyl groups excluding tert-OH is 1. The van der Waals surface area contributed by atoms with Crippen LogP contribution < -0.4 is 20.6 Å². The van der Waals surface area contributed by atoms with Crippen molar-refractivity contribution < 1.29 is 23.8 Å². The van der Waals surface area contributed by atoms with Gasteiger partial charge in [0.1, 0.15) is 6.10 Å². The highest BCUT2D eigenvalue weighted by atomic mass is 32.1. The van der Waals surface area contributed by atoms with Crippen LogP contribution in [-0.4, -0.2) is 70.5 Å². The first-order valence-corrected chi connectivity index (χ1v) is 10.1. The van der Waals surface area contributed by atoms with Crippen LogP contribution in [0.4, 0.5) is 10.8 Å². The standard InChI is InChI=1S/C18H20N6O6S/c1-9-4-5-19-24(9)18-22-21-17(31-18)20-15(26)12-6-10(14(29-3)16(27)30-12)23-7-11(25)13(8-23)28-2/h4-6,11,13,25H,7-8H2,1-3H3,(H,20,21,26)/t11-,13+/m1/s1. The number of rotatable bonds is 6. The summed E-state index contributed by atoms with van der Waals surface area (Å²) in [5.41, 5.74) is 0.375. The number of nitrogens with zero attached hydrogens (tertiary/aromatic N) is 5. The summed E-state index contributed by atoms with van der Waals surface area (Å²) in [5, 5.41) is 25.5. The second kappa shape index (κ2) is 8.45. The Kier molecular flexibility index (Phi) is 5.71. The van der Waals surface area contributed by atoms with E-state index in [0.29, 0.717) is 17.4 Å². The van der Waals surface area contributed by atoms with Gasteiger partial charge >= 0.3 is 5.63 Å². The molecule has 2 atom stereocenters. The predicted molar refractivity (Wildman–Crippen MR) is 110 cm³/mol. The zero-order valence-electron chi connectivity index (χ0n) is 16.9. The van der Waals surface area contributed by atoms with Crippen molar-refractivity contribution in [2.75, 3.05) is 37.5 Å². The Morgan fingerprint density at radius 3 is 2.81 bits per heavy atom. The monoisotopic (exact) mass is 448 g/mol. The number of amides is 1. The predicted octanol–water partition coefficient (Wildman–Crippen LogP) is 0.442. The Morgan fingerprint density at radius 1 is 1.35 bits per heavy atom. The number of carbonyl (C=O) groups is 1. The van der Waals surface area contributed by atoms with Gasteiger partial charge in [0.25, 0.3) is 5.91 Å². The van der Waals surface area contributed by atoms with Crippen LogP contribution in [0, 0.1) is 6.92 Å². The van der Waals surface area contributed by atoms with Gasteiger partial charge in [0.2, 0.25) is 16.0 Å². The molecular formula is C18H20N6O6S. The SMILES string of the molecule is COc1c(N2C[C@@H](O)[C@@H](OC)C2)cc(C(=O)Nc2nnc(-n3nccc3C)s2)oc1=O. The Bertz CT molecular complexity index is 1160. The fourth-order valence-corrected chi connectivity index (χ4v) is 4.03. The van der Waals surface area contributed by atoms with Crippen molar-refractivity contribution in [1.82, 2.24) is 20.0 Å². The molecule has 3 aromatic rings. The number of hydrogen-bond acceptors (Lipinski definition) is 11. The van der Waals surface area contributed by atoms with E-state index in [4.69, 9.17) is 13.9 Å². The molecule has 12 nitrogen and oxygen atoms in total. The Labute approximate surface area is 180 Å². The van der Waals surface area contributed by atoms with Crippen LogP contribution in [-0.2, 0) is 4.74 Å². The molecule has 1 amide bonds. The molecule has 0 spiro atoms. The first kappa shape index (κ1) is 21.0. The van der Waals surface area contributed by atoms with Crippen molar-refractivity contribution in [3.63, 3.8) is 0 Å². The molecule has 0 saturated carbocycles. The van der Waals surface area contributed by atoms with Crippen molar-refractivity contribution in [2.45, 2.75) is 19.1 Å². The van der Waals surface area contributed by atoms with Gasteiger partial charge in [-0.2, -0.15) is 5.10 Å². The average molecular weight is 448 g/mol. The lowest BCUT2D eigenvalue weighted by atomic mass is 10.3. The molecule has 0 bridgehead atoms. The molecule has 31 heavy (non-hydrogen) atoms. The molecule has 0 aromatic carbocycles. The van der Waals surface area contributed by atoms with E-state index in [1.807, 2.05) is 13.0 Å². The van der Waals surface area contributed by atoms with Gasteiger partial charge in [-0.15, -0.1) is 10.2 Å². The fourth-order valence-electron chi connectivity index (χ4n) is 3.27. The fraction of sp³-hybridized carbons (Fsp3) is 0.389. The summed E-state index contributed by atoms with van der Waals surface area (Å²) in [6, 6.07) is 3.20. The molecule has 0 unspecified atom stereocenters. The van der Waals surface area contributed by atoms with Gasteiger partial charge in [0, 0.05) is 38.2 Å². The molecule has 3 aromatic heterocycles. The molecule has 1 aliphatic rings. The molecule has 0 aliphatic carbocycles. The Balaban J connectivity index is 1.59. The van der Waals surface area contributed by atoms with Gasteiger partial charge in [-0.25, -0.2) is 9.48 Å². The minimum atomic E-state index is -0.814. The van der Waals surface area contributed by atoms with Crippen LogP contribution in [0.15, 0.2) is 27.5 Å². The number of nitrogens with one attached hydrogen (secondary N) is 1. The first-order valence-electron chi connectivity index (χ1n) is 9.25. The van der Waals surface area contributed by atoms with Crippen LogP contribution >= 0.6 is 11.3 Å². The molecule has 1 saturated heterocycles. The van der Waals surface area contributed by atoms with Crippen molar-refractivity contribution in [1.29, 1.82) is 0 Å². The van der Waals surface area contributed by atoms with Crippen LogP contribution in [0.5, 0.6) is 5.75 Å². The molecular weight excluding hydrogens is 428 g/mol. The zero-order chi connectivity index (χ0) is 22.1. The van der Waals surface area contributed by atoms with E-state index in [2.05, 4.69) is 20.6 Å². The van der Waals surface area contributed by atoms with E-state index in [-0.39, 0.29) is 23.2 Å². The molecule has 4 heterocycles. The molecule has 1 fully saturated rings. The summed E-state index contributed by atoms with van der Waals surface area (Å²) >= 11 is 1.11. The third kappa shape index (κ3) is 4.02. The van der Waals surface area contributed by atoms with Crippen molar-refractivity contribution in [3.8, 4) is 10.9 Å². The number of carbonyl (C=O) groups excluding carboxylic acids is 1. The van der Waals surface area contributed by atoms with Gasteiger partial charge in [-0.3, -0.25) is 10.1 Å². The quantitative estimate of drug-likeness (QED) is 0.545. The molecule has 2 N–H and O–H groups in total. The molecule has 164 valence electrons. The van der Waals surface area contributed by atoms with Crippen molar-refractivity contribution >= 4 is 28.1 Å². The van der Waals surface area contributed by atoms with Gasteiger partial charge in [-0.05, 0) is 13.0 Å². The number of aryl methyl sites for hydroxylation is 1. The van der Waals surface area contributed by atoms with Crippen LogP contribution in [0.2, 0.25) is 0 Å². The van der Waals surface area contributed by atoms with Gasteiger partial charge in [0.15, 0.2) is 5.76 Å². The summed E-state index contributed by atoms with van der Waals surface area (Å²) < 4.78 is 17.1. The number of anilines is 2. The maximum absolute atomic E-state index is 12.7. The number of aliphatic hydroxyl groups is 1. The Morgan fingerprint density at radius 2 is 2.16 bits per heavy atom. The maximum atomic E-state index is 12.7. The molecule has 4 rings (SSSR count). The second-order valence-corrected chi connectivity index (χ2v) is 7.75. The lowest BCUT2D eigenvalue weighted by molar-refractivity contribution is 0.0217. The highest BCUT2D eigenvalue weighted by Gasteiger charge is 2.34. The topological polar surface area (TPSA) is 145 Å². The highest BCUT2D eigenvalue weighted by Crippen LogP contribution is 2.30. The largest absolute Gasteiger partial charge is 0.488 e. The number of ether oxygens (including phenoxy) is 2. The summed E-state index contributed by atoms with van der Waals surface area (Å²) in [5.74, 6) is -0.972. The second-order valence-electron chi connectivity index (χ2n) is 6.79. The van der Waals surface area contributed by atoms with Gasteiger partial charge < -0.3 is 23.9 Å². The van der Waals surface area contributed by atoms with E-state index < -0.39 is 23.7 Å². The van der Waals surface area contributed by atoms with Gasteiger partial charge in [0.05, 0.1) is 18.9 Å². The number of methoxy groups -OCH3 is 2. The average Bonchev–Trinajstić information content (AvgIpc) is 3.47. The van der Waals surface area contributed by atoms with Gasteiger partial charge in [-0.1, -0.05) is 11.3 Å². The number of aromatic nitrogens is 4. The number of hydrogen-bond donors (Lipinski definition) is 2. The molecule has 0 radical (unpaired) electrons. The summed E-state index contributed by atoms with van der Waals surface area (Å²) in [6.07, 6.45) is 0.455. The summed E-state index contributed by atoms with van der Waals surface area (Å²) in [7, 11) is 2.82. The van der Waals surface area contributed by atoms with Crippen molar-refractivity contribution in [2.24, 2.45) is 0 Å². The van der Waals surface area contributed by atoms with Crippen LogP contribution in [0.25, 0.3) is 5.13 Å². The van der Waals surface area contributed by atoms with Crippen LogP contribution in [0.3, 0.4) is 0 Å². The van der Waals surface area contributed by atoms with E-state index in [9.17, 15) is 14.7 Å². The smallest absolute Gasteiger partial charge is 0.381 e. The lowest BCUT2D eigenvalue weighted by Crippen LogP contribution is -2.26. The lowest BCUT2D eigenvalue weighted by Gasteiger charge is -2.20. The van der Waals surface area contributed by atoms with E-state index in [0.717, 1.165) is 17.0 Å². The molecule has 1 aliphatic heterocycles. The Hall–Kier alpha value is -3.29. The zero-order valence-corrected chi connectivity index (χ0v) is 17.8. The normalized spacial score (nSPS) is 18.4. The highest BCUT2D eigenvalue weighted by molar-refractivity contribution is 7.17. The maximum Gasteiger partial charge on any atom is 0.381 e. The summed E-state index contributed by atoms with van der Waals surface area (Å²) in [4.78, 5) is 26.8. The first-order chi connectivity index (χ1) is 14.9. The molecule has 13 heteroatoms. The summed E-state index contributed by atoms with van der Waals surface area (Å²) in [6.45, 7) is 2.40. The minimum Gasteiger partial charge on any atom is -0.488 e. The van der Waals surface area contributed by atoms with Crippen LogP contribution in [0.1, 0.15) is 16.2 Å². The van der Waals surface area contributed by atoms with Crippen molar-refractivity contribution in [3.05, 3.63) is 40.2 Å². The van der Waals surface area contributed by atoms with E-state index >= 15 is 0 Å². The third-order valence-electron chi connectivity index (χ3n) is 4.84.